The second-order valence-electron chi connectivity index (χ2n) is 5.45. The molecule has 0 amide bonds. The SMILES string of the molecule is CCCNC(c1ccc(Cl)c(OC)c1)C1CSCCN1C. The molecule has 1 aromatic carbocycles. The lowest BCUT2D eigenvalue weighted by Crippen LogP contribution is -2.48. The number of rotatable bonds is 6. The van der Waals surface area contributed by atoms with E-state index in [2.05, 4.69) is 36.3 Å². The van der Waals surface area contributed by atoms with E-state index in [1.54, 1.807) is 7.11 Å². The number of halogens is 1. The van der Waals surface area contributed by atoms with Gasteiger partial charge in [-0.3, -0.25) is 4.90 Å². The summed E-state index contributed by atoms with van der Waals surface area (Å²) in [7, 11) is 3.89. The van der Waals surface area contributed by atoms with Crippen molar-refractivity contribution in [2.75, 3.05) is 38.8 Å². The molecule has 1 aliphatic heterocycles. The first-order chi connectivity index (χ1) is 10.2. The Hall–Kier alpha value is -0.420. The topological polar surface area (TPSA) is 24.5 Å². The Morgan fingerprint density at radius 1 is 1.52 bits per heavy atom. The summed E-state index contributed by atoms with van der Waals surface area (Å²) in [5.41, 5.74) is 1.25. The summed E-state index contributed by atoms with van der Waals surface area (Å²) in [5.74, 6) is 3.13. The molecular formula is C16H25ClN2OS. The zero-order valence-corrected chi connectivity index (χ0v) is 14.6. The summed E-state index contributed by atoms with van der Waals surface area (Å²) in [4.78, 5) is 2.46. The normalized spacial score (nSPS) is 21.2. The van der Waals surface area contributed by atoms with Gasteiger partial charge < -0.3 is 10.1 Å². The van der Waals surface area contributed by atoms with Crippen molar-refractivity contribution in [2.24, 2.45) is 0 Å². The Bertz CT molecular complexity index is 458. The van der Waals surface area contributed by atoms with E-state index in [0.717, 1.165) is 31.0 Å². The molecule has 1 fully saturated rings. The number of nitrogens with one attached hydrogen (secondary N) is 1. The number of thioether (sulfide) groups is 1. The standard InChI is InChI=1S/C16H25ClN2OS/c1-4-7-18-16(14-11-21-9-8-19(14)2)12-5-6-13(17)15(10-12)20-3/h5-6,10,14,16,18H,4,7-9,11H2,1-3H3. The van der Waals surface area contributed by atoms with Gasteiger partial charge in [0.05, 0.1) is 12.1 Å². The fourth-order valence-corrected chi connectivity index (χ4v) is 4.17. The Morgan fingerprint density at radius 2 is 2.33 bits per heavy atom. The predicted octanol–water partition coefficient (Wildman–Crippen LogP) is 3.44. The van der Waals surface area contributed by atoms with E-state index in [9.17, 15) is 0 Å². The molecule has 0 saturated carbocycles. The summed E-state index contributed by atoms with van der Waals surface area (Å²) in [6, 6.07) is 6.94. The van der Waals surface area contributed by atoms with Crippen molar-refractivity contribution in [3.05, 3.63) is 28.8 Å². The van der Waals surface area contributed by atoms with Crippen LogP contribution in [0.4, 0.5) is 0 Å². The van der Waals surface area contributed by atoms with Gasteiger partial charge in [0, 0.05) is 30.1 Å². The monoisotopic (exact) mass is 328 g/mol. The highest BCUT2D eigenvalue weighted by molar-refractivity contribution is 7.99. The van der Waals surface area contributed by atoms with Gasteiger partial charge in [0.25, 0.3) is 0 Å². The molecule has 2 unspecified atom stereocenters. The van der Waals surface area contributed by atoms with Gasteiger partial charge >= 0.3 is 0 Å². The molecule has 0 radical (unpaired) electrons. The van der Waals surface area contributed by atoms with Crippen LogP contribution in [0.3, 0.4) is 0 Å². The van der Waals surface area contributed by atoms with Gasteiger partial charge in [-0.1, -0.05) is 24.6 Å². The molecule has 5 heteroatoms. The third-order valence-electron chi connectivity index (χ3n) is 3.98. The Balaban J connectivity index is 2.26. The molecule has 1 aliphatic rings. The lowest BCUT2D eigenvalue weighted by Gasteiger charge is -2.38. The number of hydrogen-bond acceptors (Lipinski definition) is 4. The molecule has 0 aromatic heterocycles. The fourth-order valence-electron chi connectivity index (χ4n) is 2.70. The number of hydrogen-bond donors (Lipinski definition) is 1. The molecule has 1 aromatic rings. The number of benzene rings is 1. The van der Waals surface area contributed by atoms with Crippen molar-refractivity contribution in [2.45, 2.75) is 25.4 Å². The molecular weight excluding hydrogens is 304 g/mol. The lowest BCUT2D eigenvalue weighted by atomic mass is 9.98. The van der Waals surface area contributed by atoms with Crippen LogP contribution in [-0.2, 0) is 0 Å². The maximum Gasteiger partial charge on any atom is 0.137 e. The zero-order chi connectivity index (χ0) is 15.2. The molecule has 0 aliphatic carbocycles. The van der Waals surface area contributed by atoms with Crippen molar-refractivity contribution in [3.8, 4) is 5.75 Å². The second-order valence-corrected chi connectivity index (χ2v) is 7.01. The van der Waals surface area contributed by atoms with Gasteiger partial charge in [0.1, 0.15) is 5.75 Å². The van der Waals surface area contributed by atoms with E-state index in [1.165, 1.54) is 11.3 Å². The van der Waals surface area contributed by atoms with Crippen LogP contribution < -0.4 is 10.1 Å². The number of likely N-dealkylation sites (N-methyl/N-ethyl adjacent to an activating group) is 1. The minimum Gasteiger partial charge on any atom is -0.495 e. The van der Waals surface area contributed by atoms with Crippen LogP contribution >= 0.6 is 23.4 Å². The minimum absolute atomic E-state index is 0.314. The van der Waals surface area contributed by atoms with Gasteiger partial charge in [-0.15, -0.1) is 0 Å². The van der Waals surface area contributed by atoms with Crippen molar-refractivity contribution >= 4 is 23.4 Å². The molecule has 1 saturated heterocycles. The van der Waals surface area contributed by atoms with E-state index < -0.39 is 0 Å². The van der Waals surface area contributed by atoms with E-state index in [0.29, 0.717) is 17.1 Å². The highest BCUT2D eigenvalue weighted by Crippen LogP contribution is 2.32. The van der Waals surface area contributed by atoms with Crippen LogP contribution in [0.15, 0.2) is 18.2 Å². The van der Waals surface area contributed by atoms with Crippen molar-refractivity contribution in [1.82, 2.24) is 10.2 Å². The van der Waals surface area contributed by atoms with Crippen molar-refractivity contribution in [3.63, 3.8) is 0 Å². The molecule has 2 rings (SSSR count). The molecule has 1 N–H and O–H groups in total. The molecule has 0 bridgehead atoms. The average molecular weight is 329 g/mol. The molecule has 3 nitrogen and oxygen atoms in total. The Morgan fingerprint density at radius 3 is 3.00 bits per heavy atom. The zero-order valence-electron chi connectivity index (χ0n) is 13.1. The van der Waals surface area contributed by atoms with E-state index >= 15 is 0 Å². The van der Waals surface area contributed by atoms with Gasteiger partial charge in [0.2, 0.25) is 0 Å². The van der Waals surface area contributed by atoms with Crippen molar-refractivity contribution in [1.29, 1.82) is 0 Å². The summed E-state index contributed by atoms with van der Waals surface area (Å²) in [6.07, 6.45) is 1.13. The summed E-state index contributed by atoms with van der Waals surface area (Å²) in [6.45, 7) is 4.36. The summed E-state index contributed by atoms with van der Waals surface area (Å²) < 4.78 is 5.38. The third-order valence-corrected chi connectivity index (χ3v) is 5.34. The van der Waals surface area contributed by atoms with Crippen LogP contribution in [0.25, 0.3) is 0 Å². The minimum atomic E-state index is 0.314. The largest absolute Gasteiger partial charge is 0.495 e. The predicted molar refractivity (Wildman–Crippen MR) is 92.8 cm³/mol. The molecule has 1 heterocycles. The number of ether oxygens (including phenoxy) is 1. The van der Waals surface area contributed by atoms with Gasteiger partial charge in [-0.05, 0) is 37.7 Å². The average Bonchev–Trinajstić information content (AvgIpc) is 2.50. The maximum absolute atomic E-state index is 6.16. The highest BCUT2D eigenvalue weighted by Gasteiger charge is 2.29. The van der Waals surface area contributed by atoms with E-state index in [4.69, 9.17) is 16.3 Å². The van der Waals surface area contributed by atoms with Crippen LogP contribution in [0, 0.1) is 0 Å². The van der Waals surface area contributed by atoms with Crippen molar-refractivity contribution < 1.29 is 4.74 Å². The quantitative estimate of drug-likeness (QED) is 0.864. The molecule has 0 spiro atoms. The smallest absolute Gasteiger partial charge is 0.137 e. The first-order valence-corrected chi connectivity index (χ1v) is 9.05. The molecule has 21 heavy (non-hydrogen) atoms. The number of methoxy groups -OCH3 is 1. The van der Waals surface area contributed by atoms with Crippen LogP contribution in [0.2, 0.25) is 5.02 Å². The Kier molecular flexibility index (Phi) is 6.68. The van der Waals surface area contributed by atoms with E-state index in [1.807, 2.05) is 17.8 Å². The molecule has 2 atom stereocenters. The Labute approximate surface area is 137 Å². The van der Waals surface area contributed by atoms with Crippen LogP contribution in [0.5, 0.6) is 5.75 Å². The fraction of sp³-hybridized carbons (Fsp3) is 0.625. The van der Waals surface area contributed by atoms with Gasteiger partial charge in [-0.2, -0.15) is 11.8 Å². The first-order valence-electron chi connectivity index (χ1n) is 7.52. The number of nitrogens with zero attached hydrogens (tertiary/aromatic N) is 1. The van der Waals surface area contributed by atoms with Crippen LogP contribution in [-0.4, -0.2) is 49.7 Å². The first kappa shape index (κ1) is 16.9. The summed E-state index contributed by atoms with van der Waals surface area (Å²) in [5, 5.41) is 4.37. The molecule has 118 valence electrons. The van der Waals surface area contributed by atoms with Gasteiger partial charge in [0.15, 0.2) is 0 Å². The maximum atomic E-state index is 6.16. The van der Waals surface area contributed by atoms with E-state index in [-0.39, 0.29) is 0 Å². The second kappa shape index (κ2) is 8.28. The summed E-state index contributed by atoms with van der Waals surface area (Å²) >= 11 is 8.20. The van der Waals surface area contributed by atoms with Crippen LogP contribution in [0.1, 0.15) is 24.9 Å². The van der Waals surface area contributed by atoms with Gasteiger partial charge in [-0.25, -0.2) is 0 Å². The third kappa shape index (κ3) is 4.28. The highest BCUT2D eigenvalue weighted by atomic mass is 35.5. The lowest BCUT2D eigenvalue weighted by molar-refractivity contribution is 0.215.